The first-order valence-electron chi connectivity index (χ1n) is 20.7. The largest absolute Gasteiger partial charge is 0.347 e. The Kier molecular flexibility index (Phi) is 11.6. The molecule has 0 radical (unpaired) electrons. The third kappa shape index (κ3) is 9.40. The number of sulfone groups is 1. The first kappa shape index (κ1) is 40.0. The second-order valence-electron chi connectivity index (χ2n) is 19.1. The van der Waals surface area contributed by atoms with Crippen LogP contribution in [0, 0.1) is 34.5 Å². The van der Waals surface area contributed by atoms with Gasteiger partial charge in [0.25, 0.3) is 5.91 Å². The first-order valence-corrected chi connectivity index (χ1v) is 22.5. The summed E-state index contributed by atoms with van der Waals surface area (Å²) in [7, 11) is -3.44. The number of ketones is 1. The highest BCUT2D eigenvalue weighted by atomic mass is 32.2. The van der Waals surface area contributed by atoms with Crippen molar-refractivity contribution >= 4 is 39.4 Å². The summed E-state index contributed by atoms with van der Waals surface area (Å²) in [5, 5.41) is 11.9. The van der Waals surface area contributed by atoms with Crippen LogP contribution in [0.2, 0.25) is 0 Å². The second kappa shape index (κ2) is 15.4. The number of rotatable bonds is 16. The summed E-state index contributed by atoms with van der Waals surface area (Å²) in [4.78, 5) is 71.2. The molecular formula is C40H65N5O7S. The number of carbonyl (C=O) groups is 5. The molecule has 5 atom stereocenters. The normalized spacial score (nSPS) is 28.3. The van der Waals surface area contributed by atoms with E-state index in [4.69, 9.17) is 0 Å². The van der Waals surface area contributed by atoms with E-state index in [2.05, 4.69) is 35.1 Å². The molecule has 5 saturated carbocycles. The van der Waals surface area contributed by atoms with Gasteiger partial charge < -0.3 is 26.2 Å². The predicted octanol–water partition coefficient (Wildman–Crippen LogP) is 4.40. The highest BCUT2D eigenvalue weighted by Crippen LogP contribution is 2.65. The van der Waals surface area contributed by atoms with E-state index in [0.717, 1.165) is 77.0 Å². The Labute approximate surface area is 316 Å². The minimum atomic E-state index is -3.44. The number of urea groups is 1. The van der Waals surface area contributed by atoms with Crippen LogP contribution in [-0.2, 0) is 29.0 Å². The molecule has 6 rings (SSSR count). The number of fused-ring (bicyclic) bond motifs is 1. The first-order chi connectivity index (χ1) is 24.9. The van der Waals surface area contributed by atoms with Crippen molar-refractivity contribution < 1.29 is 32.4 Å². The molecule has 0 bridgehead atoms. The third-order valence-electron chi connectivity index (χ3n) is 13.7. The van der Waals surface area contributed by atoms with Crippen LogP contribution in [0.15, 0.2) is 0 Å². The summed E-state index contributed by atoms with van der Waals surface area (Å²) < 4.78 is 26.7. The Hall–Kier alpha value is -2.70. The van der Waals surface area contributed by atoms with Gasteiger partial charge in [0.15, 0.2) is 9.84 Å². The lowest BCUT2D eigenvalue weighted by Crippen LogP contribution is -2.64. The number of likely N-dealkylation sites (tertiary alicyclic amines) is 1. The number of nitrogens with one attached hydrogen (secondary N) is 4. The number of hydrogen-bond acceptors (Lipinski definition) is 7. The maximum atomic E-state index is 14.9. The molecule has 0 aromatic rings. The van der Waals surface area contributed by atoms with E-state index < -0.39 is 62.5 Å². The van der Waals surface area contributed by atoms with Gasteiger partial charge in [-0.1, -0.05) is 86.0 Å². The van der Waals surface area contributed by atoms with E-state index in [1.54, 1.807) is 4.90 Å². The minimum Gasteiger partial charge on any atom is -0.347 e. The van der Waals surface area contributed by atoms with Crippen LogP contribution in [0.5, 0.6) is 0 Å². The Balaban J connectivity index is 1.22. The smallest absolute Gasteiger partial charge is 0.315 e. The van der Waals surface area contributed by atoms with Crippen LogP contribution in [0.4, 0.5) is 4.79 Å². The summed E-state index contributed by atoms with van der Waals surface area (Å²) >= 11 is 0. The van der Waals surface area contributed by atoms with E-state index in [-0.39, 0.29) is 52.5 Å². The molecule has 6 fully saturated rings. The Bertz CT molecular complexity index is 1520. The summed E-state index contributed by atoms with van der Waals surface area (Å²) in [6.07, 6.45) is 12.6. The molecule has 4 N–H and O–H groups in total. The fourth-order valence-electron chi connectivity index (χ4n) is 9.83. The van der Waals surface area contributed by atoms with Gasteiger partial charge in [-0.3, -0.25) is 19.2 Å². The maximum Gasteiger partial charge on any atom is 0.315 e. The summed E-state index contributed by atoms with van der Waals surface area (Å²) in [5.41, 5.74) is -1.65. The van der Waals surface area contributed by atoms with Crippen molar-refractivity contribution in [2.24, 2.45) is 34.5 Å². The average molecular weight is 760 g/mol. The lowest BCUT2D eigenvalue weighted by molar-refractivity contribution is -0.146. The third-order valence-corrected chi connectivity index (χ3v) is 15.6. The van der Waals surface area contributed by atoms with Gasteiger partial charge in [-0.2, -0.15) is 0 Å². The van der Waals surface area contributed by atoms with Crippen LogP contribution in [0.25, 0.3) is 0 Å². The zero-order chi connectivity index (χ0) is 38.3. The van der Waals surface area contributed by atoms with Crippen LogP contribution in [0.3, 0.4) is 0 Å². The number of amides is 5. The second-order valence-corrected chi connectivity index (χ2v) is 21.3. The quantitative estimate of drug-likeness (QED) is 0.169. The van der Waals surface area contributed by atoms with Crippen LogP contribution < -0.4 is 21.3 Å². The molecule has 1 aliphatic heterocycles. The van der Waals surface area contributed by atoms with Crippen molar-refractivity contribution in [1.29, 1.82) is 0 Å². The van der Waals surface area contributed by atoms with E-state index in [0.29, 0.717) is 32.2 Å². The van der Waals surface area contributed by atoms with Gasteiger partial charge in [0.05, 0.1) is 23.1 Å². The number of nitrogens with zero attached hydrogens (tertiary/aromatic N) is 1. The number of piperidine rings is 1. The topological polar surface area (TPSA) is 171 Å². The number of carbonyl (C=O) groups excluding carboxylic acids is 5. The van der Waals surface area contributed by atoms with Gasteiger partial charge in [-0.25, -0.2) is 13.2 Å². The Morgan fingerprint density at radius 2 is 1.45 bits per heavy atom. The van der Waals surface area contributed by atoms with Gasteiger partial charge in [0.1, 0.15) is 12.1 Å². The molecule has 6 aliphatic rings. The molecule has 0 spiro atoms. The molecule has 13 heteroatoms. The minimum absolute atomic E-state index is 0.0183. The van der Waals surface area contributed by atoms with Gasteiger partial charge >= 0.3 is 6.03 Å². The number of hydrogen-bond donors (Lipinski definition) is 4. The lowest BCUT2D eigenvalue weighted by Gasteiger charge is -2.44. The fourth-order valence-corrected chi connectivity index (χ4v) is 12.0. The van der Waals surface area contributed by atoms with Crippen LogP contribution >= 0.6 is 0 Å². The van der Waals surface area contributed by atoms with Gasteiger partial charge in [0.2, 0.25) is 17.6 Å². The molecule has 12 nitrogen and oxygen atoms in total. The molecule has 298 valence electrons. The molecule has 5 aliphatic carbocycles. The average Bonchev–Trinajstić information content (AvgIpc) is 4.05. The highest BCUT2D eigenvalue weighted by Gasteiger charge is 2.70. The van der Waals surface area contributed by atoms with Crippen LogP contribution in [-0.4, -0.2) is 90.6 Å². The van der Waals surface area contributed by atoms with Crippen molar-refractivity contribution in [2.75, 3.05) is 18.1 Å². The summed E-state index contributed by atoms with van der Waals surface area (Å²) in [5.74, 6) is -1.57. The van der Waals surface area contributed by atoms with E-state index in [9.17, 15) is 32.4 Å². The molecule has 53 heavy (non-hydrogen) atoms. The Morgan fingerprint density at radius 1 is 0.830 bits per heavy atom. The highest BCUT2D eigenvalue weighted by molar-refractivity contribution is 7.91. The zero-order valence-corrected chi connectivity index (χ0v) is 33.6. The molecular weight excluding hydrogens is 695 g/mol. The summed E-state index contributed by atoms with van der Waals surface area (Å²) in [6, 6.07) is -3.24. The zero-order valence-electron chi connectivity index (χ0n) is 32.8. The summed E-state index contributed by atoms with van der Waals surface area (Å²) in [6.45, 7) is 10.6. The fraction of sp³-hybridized carbons (Fsp3) is 0.875. The molecule has 0 aromatic carbocycles. The molecule has 1 unspecified atom stereocenters. The molecule has 1 saturated heterocycles. The van der Waals surface area contributed by atoms with Gasteiger partial charge in [-0.05, 0) is 85.9 Å². The standard InChI is InChI=1S/C40H65N5O7S/c1-25(2)16-21-53(51,52)24-40(19-10-7-11-20-40)44-37(50)43-33(39(5)17-8-6-9-18-39)36(49)45-23-28-30(38(28,3)4)31(45)34(47)42-29(22-26-12-13-26)32(46)35(48)41-27-14-15-27/h25-31,33H,6-24H2,1-5H3,(H,41,48)(H,42,47)(H2,43,44,50)/t28-,29?,30-,31-,33+/m0/s1. The van der Waals surface area contributed by atoms with Gasteiger partial charge in [0, 0.05) is 12.6 Å². The van der Waals surface area contributed by atoms with Crippen molar-refractivity contribution in [1.82, 2.24) is 26.2 Å². The lowest BCUT2D eigenvalue weighted by atomic mass is 9.70. The Morgan fingerprint density at radius 3 is 2.04 bits per heavy atom. The molecule has 1 heterocycles. The number of Topliss-reactive ketones (excluding diaryl/α,β-unsaturated/α-hetero) is 1. The molecule has 5 amide bonds. The maximum absolute atomic E-state index is 14.9. The van der Waals surface area contributed by atoms with E-state index in [1.165, 1.54) is 0 Å². The van der Waals surface area contributed by atoms with Crippen molar-refractivity contribution in [2.45, 2.75) is 167 Å². The van der Waals surface area contributed by atoms with Crippen LogP contribution in [0.1, 0.15) is 137 Å². The van der Waals surface area contributed by atoms with Crippen molar-refractivity contribution in [3.8, 4) is 0 Å². The predicted molar refractivity (Wildman–Crippen MR) is 202 cm³/mol. The van der Waals surface area contributed by atoms with Crippen molar-refractivity contribution in [3.05, 3.63) is 0 Å². The monoisotopic (exact) mass is 759 g/mol. The molecule has 0 aromatic heterocycles. The van der Waals surface area contributed by atoms with E-state index >= 15 is 0 Å². The van der Waals surface area contributed by atoms with Crippen molar-refractivity contribution in [3.63, 3.8) is 0 Å². The SMILES string of the molecule is CC(C)CCS(=O)(=O)CC1(NC(=O)N[C@H](C(=O)N2C[C@H]3[C@@H]([C@H]2C(=O)NC(CC2CC2)C(=O)C(=O)NC2CC2)C3(C)C)C2(C)CCCCC2)CCCCC1. The van der Waals surface area contributed by atoms with E-state index in [1.807, 2.05) is 20.8 Å². The van der Waals surface area contributed by atoms with Gasteiger partial charge in [-0.15, -0.1) is 0 Å².